The molecule has 0 amide bonds. The Morgan fingerprint density at radius 1 is 0.389 bits per heavy atom. The zero-order chi connectivity index (χ0) is 35.3. The first kappa shape index (κ1) is 29.7. The second-order valence-electron chi connectivity index (χ2n) is 14.0. The van der Waals surface area contributed by atoms with Crippen molar-refractivity contribution >= 4 is 96.5 Å². The second-order valence-corrected chi connectivity index (χ2v) is 15.1. The van der Waals surface area contributed by atoms with Gasteiger partial charge in [-0.2, -0.15) is 0 Å². The van der Waals surface area contributed by atoms with Crippen LogP contribution in [0.4, 0.5) is 0 Å². The predicted octanol–water partition coefficient (Wildman–Crippen LogP) is 13.9. The summed E-state index contributed by atoms with van der Waals surface area (Å²) >= 11 is 1.90. The molecule has 0 aliphatic rings. The summed E-state index contributed by atoms with van der Waals surface area (Å²) < 4.78 is 5.12. The van der Waals surface area contributed by atoms with E-state index in [-0.39, 0.29) is 0 Å². The summed E-state index contributed by atoms with van der Waals surface area (Å²) in [5, 5.41) is 13.6. The van der Waals surface area contributed by atoms with Crippen molar-refractivity contribution in [3.05, 3.63) is 176 Å². The van der Waals surface area contributed by atoms with Gasteiger partial charge < -0.3 is 4.57 Å². The van der Waals surface area contributed by atoms with E-state index >= 15 is 0 Å². The molecule has 12 aromatic rings. The standard InChI is InChI=1S/C50H29N3S/c1-2-14-30(15-3-1)46-45-35-18-6-4-16-33(35)34-17-5-7-19-36(34)47(45)52-50(51-46)31-26-28-32(29-27-31)53-41-24-12-10-22-39(41)43-44-40-23-11-13-25-42(40)54-49(44)38-21-9-8-20-37(38)48(43)53/h1-29H. The van der Waals surface area contributed by atoms with E-state index in [0.29, 0.717) is 5.82 Å². The highest BCUT2D eigenvalue weighted by Crippen LogP contribution is 2.48. The Bertz CT molecular complexity index is 3490. The molecule has 0 fully saturated rings. The van der Waals surface area contributed by atoms with Crippen LogP contribution in [0.1, 0.15) is 0 Å². The Kier molecular flexibility index (Phi) is 6.21. The Labute approximate surface area is 314 Å². The number of aromatic nitrogens is 3. The maximum atomic E-state index is 5.38. The van der Waals surface area contributed by atoms with Crippen LogP contribution in [-0.2, 0) is 0 Å². The molecule has 3 nitrogen and oxygen atoms in total. The summed E-state index contributed by atoms with van der Waals surface area (Å²) in [6, 6.07) is 63.3. The largest absolute Gasteiger partial charge is 0.309 e. The quantitative estimate of drug-likeness (QED) is 0.172. The molecule has 0 radical (unpaired) electrons. The summed E-state index contributed by atoms with van der Waals surface area (Å²) in [6.07, 6.45) is 0. The third kappa shape index (κ3) is 4.11. The first-order chi connectivity index (χ1) is 26.8. The highest BCUT2D eigenvalue weighted by molar-refractivity contribution is 7.27. The Balaban J connectivity index is 1.13. The number of rotatable bonds is 3. The lowest BCUT2D eigenvalue weighted by atomic mass is 9.94. The van der Waals surface area contributed by atoms with E-state index in [9.17, 15) is 0 Å². The molecule has 3 heterocycles. The third-order valence-corrected chi connectivity index (χ3v) is 12.4. The smallest absolute Gasteiger partial charge is 0.160 e. The lowest BCUT2D eigenvalue weighted by molar-refractivity contribution is 1.18. The van der Waals surface area contributed by atoms with E-state index in [0.717, 1.165) is 44.2 Å². The van der Waals surface area contributed by atoms with Crippen LogP contribution in [-0.4, -0.2) is 14.5 Å². The molecule has 0 spiro atoms. The van der Waals surface area contributed by atoms with Gasteiger partial charge in [0.05, 0.1) is 22.2 Å². The van der Waals surface area contributed by atoms with E-state index in [1.807, 2.05) is 11.3 Å². The minimum atomic E-state index is 0.715. The molecule has 9 aromatic carbocycles. The van der Waals surface area contributed by atoms with Crippen molar-refractivity contribution in [3.63, 3.8) is 0 Å². The van der Waals surface area contributed by atoms with Gasteiger partial charge in [0.2, 0.25) is 0 Å². The third-order valence-electron chi connectivity index (χ3n) is 11.2. The second kappa shape index (κ2) is 11.3. The number of fused-ring (bicyclic) bond motifs is 16. The first-order valence-electron chi connectivity index (χ1n) is 18.3. The summed E-state index contributed by atoms with van der Waals surface area (Å²) in [5.41, 5.74) is 7.51. The molecule has 0 aliphatic heterocycles. The molecule has 250 valence electrons. The highest BCUT2D eigenvalue weighted by atomic mass is 32.1. The fraction of sp³-hybridized carbons (Fsp3) is 0. The van der Waals surface area contributed by atoms with E-state index in [1.165, 1.54) is 63.5 Å². The van der Waals surface area contributed by atoms with Crippen molar-refractivity contribution in [2.75, 3.05) is 0 Å². The Morgan fingerprint density at radius 3 is 1.76 bits per heavy atom. The van der Waals surface area contributed by atoms with Crippen molar-refractivity contribution in [1.29, 1.82) is 0 Å². The molecule has 0 saturated carbocycles. The van der Waals surface area contributed by atoms with Crippen molar-refractivity contribution in [2.24, 2.45) is 0 Å². The van der Waals surface area contributed by atoms with E-state index in [4.69, 9.17) is 9.97 Å². The number of thiophene rings is 1. The molecule has 54 heavy (non-hydrogen) atoms. The van der Waals surface area contributed by atoms with Crippen LogP contribution >= 0.6 is 11.3 Å². The maximum absolute atomic E-state index is 5.38. The summed E-state index contributed by atoms with van der Waals surface area (Å²) in [7, 11) is 0. The van der Waals surface area contributed by atoms with Crippen molar-refractivity contribution in [1.82, 2.24) is 14.5 Å². The molecule has 3 aromatic heterocycles. The molecular formula is C50H29N3S. The van der Waals surface area contributed by atoms with Crippen LogP contribution in [0.2, 0.25) is 0 Å². The van der Waals surface area contributed by atoms with Crippen LogP contribution in [0, 0.1) is 0 Å². The molecule has 0 atom stereocenters. The molecule has 0 unspecified atom stereocenters. The number of hydrogen-bond donors (Lipinski definition) is 0. The zero-order valence-corrected chi connectivity index (χ0v) is 29.8. The van der Waals surface area contributed by atoms with Gasteiger partial charge in [0.1, 0.15) is 0 Å². The number of benzene rings is 9. The van der Waals surface area contributed by atoms with Crippen molar-refractivity contribution < 1.29 is 0 Å². The predicted molar refractivity (Wildman–Crippen MR) is 230 cm³/mol. The molecule has 0 aliphatic carbocycles. The van der Waals surface area contributed by atoms with Crippen LogP contribution in [0.3, 0.4) is 0 Å². The van der Waals surface area contributed by atoms with Crippen LogP contribution < -0.4 is 0 Å². The topological polar surface area (TPSA) is 30.7 Å². The molecule has 12 rings (SSSR count). The summed E-state index contributed by atoms with van der Waals surface area (Å²) in [4.78, 5) is 10.8. The van der Waals surface area contributed by atoms with Gasteiger partial charge in [-0.3, -0.25) is 0 Å². The normalized spacial score (nSPS) is 12.1. The van der Waals surface area contributed by atoms with E-state index in [1.54, 1.807) is 0 Å². The molecule has 0 bridgehead atoms. The minimum Gasteiger partial charge on any atom is -0.309 e. The van der Waals surface area contributed by atoms with Gasteiger partial charge >= 0.3 is 0 Å². The zero-order valence-electron chi connectivity index (χ0n) is 29.0. The minimum absolute atomic E-state index is 0.715. The van der Waals surface area contributed by atoms with Gasteiger partial charge in [-0.1, -0.05) is 140 Å². The summed E-state index contributed by atoms with van der Waals surface area (Å²) in [6.45, 7) is 0. The van der Waals surface area contributed by atoms with Gasteiger partial charge in [-0.15, -0.1) is 11.3 Å². The van der Waals surface area contributed by atoms with E-state index < -0.39 is 0 Å². The van der Waals surface area contributed by atoms with Crippen molar-refractivity contribution in [3.8, 4) is 28.3 Å². The van der Waals surface area contributed by atoms with E-state index in [2.05, 4.69) is 180 Å². The van der Waals surface area contributed by atoms with Gasteiger partial charge in [-0.25, -0.2) is 9.97 Å². The number of para-hydroxylation sites is 1. The Morgan fingerprint density at radius 2 is 0.981 bits per heavy atom. The lowest BCUT2D eigenvalue weighted by Crippen LogP contribution is -1.98. The number of nitrogens with zero attached hydrogens (tertiary/aromatic N) is 3. The molecular weight excluding hydrogens is 675 g/mol. The SMILES string of the molecule is c1ccc(-c2nc(-c3ccc(-n4c5ccccc5c5c6c7ccccc7sc6c6ccccc6c54)cc3)nc3c4ccccc4c4ccccc4c23)cc1. The summed E-state index contributed by atoms with van der Waals surface area (Å²) in [5.74, 6) is 0.715. The van der Waals surface area contributed by atoms with Crippen LogP contribution in [0.15, 0.2) is 176 Å². The van der Waals surface area contributed by atoms with Gasteiger partial charge in [0.15, 0.2) is 5.82 Å². The molecule has 4 heteroatoms. The van der Waals surface area contributed by atoms with Gasteiger partial charge in [0, 0.05) is 69.3 Å². The first-order valence-corrected chi connectivity index (χ1v) is 19.2. The van der Waals surface area contributed by atoms with Crippen LogP contribution in [0.25, 0.3) is 114 Å². The highest BCUT2D eigenvalue weighted by Gasteiger charge is 2.22. The van der Waals surface area contributed by atoms with Gasteiger partial charge in [0.25, 0.3) is 0 Å². The fourth-order valence-corrected chi connectivity index (χ4v) is 10.1. The lowest BCUT2D eigenvalue weighted by Gasteiger charge is -2.15. The average Bonchev–Trinajstić information content (AvgIpc) is 3.81. The monoisotopic (exact) mass is 703 g/mol. The number of hydrogen-bond acceptors (Lipinski definition) is 3. The fourth-order valence-electron chi connectivity index (χ4n) is 8.85. The average molecular weight is 704 g/mol. The molecule has 0 saturated heterocycles. The maximum Gasteiger partial charge on any atom is 0.160 e. The molecule has 0 N–H and O–H groups in total. The van der Waals surface area contributed by atoms with Gasteiger partial charge in [-0.05, 0) is 52.6 Å². The Hall–Kier alpha value is -6.88. The van der Waals surface area contributed by atoms with Crippen LogP contribution in [0.5, 0.6) is 0 Å². The van der Waals surface area contributed by atoms with Crippen molar-refractivity contribution in [2.45, 2.75) is 0 Å².